The first-order valence-electron chi connectivity index (χ1n) is 10.7. The molecule has 2 unspecified atom stereocenters. The molecular weight excluding hydrogens is 352 g/mol. The van der Waals surface area contributed by atoms with Crippen LogP contribution in [0.3, 0.4) is 0 Å². The smallest absolute Gasteiger partial charge is 0.191 e. The van der Waals surface area contributed by atoms with Gasteiger partial charge in [0.15, 0.2) is 5.96 Å². The van der Waals surface area contributed by atoms with Crippen LogP contribution in [-0.2, 0) is 0 Å². The molecule has 158 valence electrons. The fourth-order valence-corrected chi connectivity index (χ4v) is 3.83. The van der Waals surface area contributed by atoms with Gasteiger partial charge in [0.05, 0.1) is 12.8 Å². The van der Waals surface area contributed by atoms with Gasteiger partial charge in [0, 0.05) is 39.3 Å². The second-order valence-corrected chi connectivity index (χ2v) is 7.54. The van der Waals surface area contributed by atoms with Gasteiger partial charge >= 0.3 is 0 Å². The minimum Gasteiger partial charge on any atom is -0.495 e. The molecule has 6 heteroatoms. The molecule has 1 aromatic rings. The molecule has 0 bridgehead atoms. The Morgan fingerprint density at radius 2 is 2.11 bits per heavy atom. The van der Waals surface area contributed by atoms with Crippen LogP contribution in [0.15, 0.2) is 29.3 Å². The molecule has 0 spiro atoms. The van der Waals surface area contributed by atoms with Crippen molar-refractivity contribution in [3.63, 3.8) is 0 Å². The maximum atomic E-state index is 9.24. The summed E-state index contributed by atoms with van der Waals surface area (Å²) in [5.74, 6) is 2.87. The molecule has 0 amide bonds. The lowest BCUT2D eigenvalue weighted by Gasteiger charge is -2.21. The lowest BCUT2D eigenvalue weighted by Crippen LogP contribution is -2.40. The summed E-state index contributed by atoms with van der Waals surface area (Å²) < 4.78 is 5.51. The van der Waals surface area contributed by atoms with Crippen molar-refractivity contribution < 1.29 is 9.84 Å². The zero-order chi connectivity index (χ0) is 20.2. The number of hydrogen-bond acceptors (Lipinski definition) is 4. The highest BCUT2D eigenvalue weighted by atomic mass is 16.5. The van der Waals surface area contributed by atoms with Crippen molar-refractivity contribution in [1.82, 2.24) is 10.6 Å². The largest absolute Gasteiger partial charge is 0.495 e. The Bertz CT molecular complexity index is 588. The molecule has 0 radical (unpaired) electrons. The van der Waals surface area contributed by atoms with Crippen molar-refractivity contribution in [1.29, 1.82) is 0 Å². The Kier molecular flexibility index (Phi) is 9.97. The Hall–Kier alpha value is -1.95. The van der Waals surface area contributed by atoms with Crippen LogP contribution in [0.4, 0.5) is 5.69 Å². The van der Waals surface area contributed by atoms with Gasteiger partial charge in [-0.2, -0.15) is 0 Å². The van der Waals surface area contributed by atoms with Gasteiger partial charge in [-0.25, -0.2) is 0 Å². The number of aliphatic imine (C=N–C) groups is 1. The number of para-hydroxylation sites is 2. The number of benzene rings is 1. The number of aliphatic hydroxyl groups excluding tert-OH is 1. The maximum absolute atomic E-state index is 9.24. The summed E-state index contributed by atoms with van der Waals surface area (Å²) in [5, 5.41) is 16.1. The van der Waals surface area contributed by atoms with E-state index in [0.717, 1.165) is 70.1 Å². The van der Waals surface area contributed by atoms with Gasteiger partial charge in [0.25, 0.3) is 0 Å². The third-order valence-corrected chi connectivity index (χ3v) is 5.36. The number of anilines is 1. The molecule has 0 saturated carbocycles. The van der Waals surface area contributed by atoms with Crippen LogP contribution in [0.1, 0.15) is 39.5 Å². The number of nitrogens with one attached hydrogen (secondary N) is 2. The highest BCUT2D eigenvalue weighted by molar-refractivity contribution is 5.79. The normalized spacial score (nSPS) is 18.2. The highest BCUT2D eigenvalue weighted by Gasteiger charge is 2.24. The molecule has 0 aliphatic carbocycles. The molecule has 1 aliphatic rings. The average Bonchev–Trinajstić information content (AvgIpc) is 3.19. The summed E-state index contributed by atoms with van der Waals surface area (Å²) in [6.07, 6.45) is 4.23. The summed E-state index contributed by atoms with van der Waals surface area (Å²) in [6.45, 7) is 9.12. The molecule has 1 saturated heterocycles. The summed E-state index contributed by atoms with van der Waals surface area (Å²) >= 11 is 0. The van der Waals surface area contributed by atoms with Crippen LogP contribution >= 0.6 is 0 Å². The minimum atomic E-state index is 0.241. The second kappa shape index (κ2) is 12.5. The van der Waals surface area contributed by atoms with E-state index < -0.39 is 0 Å². The molecular formula is C22H38N4O2. The zero-order valence-corrected chi connectivity index (χ0v) is 17.8. The van der Waals surface area contributed by atoms with Gasteiger partial charge < -0.3 is 25.4 Å². The van der Waals surface area contributed by atoms with Gasteiger partial charge in [0.1, 0.15) is 5.75 Å². The van der Waals surface area contributed by atoms with Crippen molar-refractivity contribution in [3.8, 4) is 5.75 Å². The first kappa shape index (κ1) is 22.3. The van der Waals surface area contributed by atoms with Gasteiger partial charge in [-0.05, 0) is 50.2 Å². The molecule has 1 aliphatic heterocycles. The number of guanidine groups is 1. The van der Waals surface area contributed by atoms with E-state index in [9.17, 15) is 5.11 Å². The average molecular weight is 391 g/mol. The summed E-state index contributed by atoms with van der Waals surface area (Å²) in [6, 6.07) is 8.24. The predicted molar refractivity (Wildman–Crippen MR) is 117 cm³/mol. The lowest BCUT2D eigenvalue weighted by molar-refractivity contribution is 0.253. The molecule has 1 aromatic carbocycles. The van der Waals surface area contributed by atoms with E-state index in [1.54, 1.807) is 7.11 Å². The van der Waals surface area contributed by atoms with E-state index >= 15 is 0 Å². The van der Waals surface area contributed by atoms with Gasteiger partial charge in [0.2, 0.25) is 0 Å². The third-order valence-electron chi connectivity index (χ3n) is 5.36. The van der Waals surface area contributed by atoms with Crippen molar-refractivity contribution in [2.75, 3.05) is 51.3 Å². The van der Waals surface area contributed by atoms with Gasteiger partial charge in [-0.3, -0.25) is 4.99 Å². The van der Waals surface area contributed by atoms with Crippen LogP contribution in [0.25, 0.3) is 0 Å². The molecule has 1 heterocycles. The third kappa shape index (κ3) is 6.89. The molecule has 2 atom stereocenters. The topological polar surface area (TPSA) is 69.1 Å². The van der Waals surface area contributed by atoms with Crippen LogP contribution < -0.4 is 20.3 Å². The van der Waals surface area contributed by atoms with Crippen molar-refractivity contribution >= 4 is 11.6 Å². The Morgan fingerprint density at radius 3 is 2.82 bits per heavy atom. The van der Waals surface area contributed by atoms with E-state index in [-0.39, 0.29) is 6.61 Å². The van der Waals surface area contributed by atoms with Crippen molar-refractivity contribution in [3.05, 3.63) is 24.3 Å². The molecule has 2 rings (SSSR count). The van der Waals surface area contributed by atoms with E-state index in [2.05, 4.69) is 41.5 Å². The Morgan fingerprint density at radius 1 is 1.29 bits per heavy atom. The standard InChI is InChI=1S/C22H38N4O2/c1-4-8-18(12-14-27)15-24-22(23-5-2)25-16-19-11-13-26(17-19)20-9-6-7-10-21(20)28-3/h6-7,9-10,18-19,27H,4-5,8,11-17H2,1-3H3,(H2,23,24,25). The summed E-state index contributed by atoms with van der Waals surface area (Å²) in [5.41, 5.74) is 1.18. The zero-order valence-electron chi connectivity index (χ0n) is 17.8. The number of ether oxygens (including phenoxy) is 1. The molecule has 28 heavy (non-hydrogen) atoms. The second-order valence-electron chi connectivity index (χ2n) is 7.54. The van der Waals surface area contributed by atoms with Crippen LogP contribution in [0.2, 0.25) is 0 Å². The van der Waals surface area contributed by atoms with E-state index in [1.165, 1.54) is 5.69 Å². The molecule has 0 aromatic heterocycles. The monoisotopic (exact) mass is 390 g/mol. The SMILES string of the molecule is CCCC(CCO)CN=C(NCC)NCC1CCN(c2ccccc2OC)C1. The summed E-state index contributed by atoms with van der Waals surface area (Å²) in [7, 11) is 1.73. The van der Waals surface area contributed by atoms with Gasteiger partial charge in [-0.1, -0.05) is 25.5 Å². The predicted octanol–water partition coefficient (Wildman–Crippen LogP) is 2.88. The lowest BCUT2D eigenvalue weighted by atomic mass is 10.0. The first-order valence-corrected chi connectivity index (χ1v) is 10.7. The number of methoxy groups -OCH3 is 1. The number of rotatable bonds is 11. The first-order chi connectivity index (χ1) is 13.7. The van der Waals surface area contributed by atoms with E-state index in [4.69, 9.17) is 9.73 Å². The maximum Gasteiger partial charge on any atom is 0.191 e. The number of aliphatic hydroxyl groups is 1. The number of nitrogens with zero attached hydrogens (tertiary/aromatic N) is 2. The quantitative estimate of drug-likeness (QED) is 0.400. The Labute approximate surface area is 170 Å². The molecule has 3 N–H and O–H groups in total. The molecule has 6 nitrogen and oxygen atoms in total. The Balaban J connectivity index is 1.87. The van der Waals surface area contributed by atoms with Crippen molar-refractivity contribution in [2.24, 2.45) is 16.8 Å². The summed E-state index contributed by atoms with van der Waals surface area (Å²) in [4.78, 5) is 7.18. The fraction of sp³-hybridized carbons (Fsp3) is 0.682. The highest BCUT2D eigenvalue weighted by Crippen LogP contribution is 2.31. The van der Waals surface area contributed by atoms with Crippen molar-refractivity contribution in [2.45, 2.75) is 39.5 Å². The molecule has 1 fully saturated rings. The van der Waals surface area contributed by atoms with Crippen LogP contribution in [0, 0.1) is 11.8 Å². The van der Waals surface area contributed by atoms with E-state index in [1.807, 2.05) is 12.1 Å². The van der Waals surface area contributed by atoms with E-state index in [0.29, 0.717) is 11.8 Å². The van der Waals surface area contributed by atoms with Gasteiger partial charge in [-0.15, -0.1) is 0 Å². The fourth-order valence-electron chi connectivity index (χ4n) is 3.83. The van der Waals surface area contributed by atoms with Crippen LogP contribution in [-0.4, -0.2) is 57.5 Å². The minimum absolute atomic E-state index is 0.241. The van der Waals surface area contributed by atoms with Crippen LogP contribution in [0.5, 0.6) is 5.75 Å². The number of hydrogen-bond donors (Lipinski definition) is 3.